The van der Waals surface area contributed by atoms with Gasteiger partial charge in [-0.3, -0.25) is 4.79 Å². The maximum Gasteiger partial charge on any atom is 0.290 e. The van der Waals surface area contributed by atoms with E-state index >= 15 is 0 Å². The van der Waals surface area contributed by atoms with Crippen molar-refractivity contribution in [3.8, 4) is 11.5 Å². The molecule has 0 aromatic heterocycles. The standard InChI is InChI=1S/C20H21NO4/c1-3-23-16-10-11-17(24-4-2)15(12-16)13-18-19(22)21-20(25-18)14-8-6-5-7-9-14/h5-12,18H,3-4,13H2,1-2H3/t18-/m0/s1. The van der Waals surface area contributed by atoms with Gasteiger partial charge in [-0.05, 0) is 44.2 Å². The van der Waals surface area contributed by atoms with Crippen LogP contribution in [0.1, 0.15) is 25.0 Å². The van der Waals surface area contributed by atoms with Crippen molar-refractivity contribution in [1.82, 2.24) is 0 Å². The van der Waals surface area contributed by atoms with Gasteiger partial charge >= 0.3 is 0 Å². The summed E-state index contributed by atoms with van der Waals surface area (Å²) in [7, 11) is 0. The maximum absolute atomic E-state index is 12.3. The summed E-state index contributed by atoms with van der Waals surface area (Å²) in [6.07, 6.45) is -0.263. The molecule has 5 heteroatoms. The smallest absolute Gasteiger partial charge is 0.290 e. The number of carbonyl (C=O) groups is 1. The fourth-order valence-electron chi connectivity index (χ4n) is 2.69. The predicted molar refractivity (Wildman–Crippen MR) is 95.3 cm³/mol. The van der Waals surface area contributed by atoms with Crippen LogP contribution in [0.25, 0.3) is 0 Å². The highest BCUT2D eigenvalue weighted by Crippen LogP contribution is 2.28. The molecule has 0 aliphatic carbocycles. The van der Waals surface area contributed by atoms with Gasteiger partial charge in [-0.15, -0.1) is 0 Å². The molecule has 0 N–H and O–H groups in total. The number of benzene rings is 2. The van der Waals surface area contributed by atoms with E-state index in [2.05, 4.69) is 4.99 Å². The highest BCUT2D eigenvalue weighted by molar-refractivity contribution is 6.07. The Bertz CT molecular complexity index is 771. The molecule has 2 aromatic carbocycles. The lowest BCUT2D eigenvalue weighted by atomic mass is 10.1. The Morgan fingerprint density at radius 3 is 2.52 bits per heavy atom. The Kier molecular flexibility index (Phi) is 5.33. The van der Waals surface area contributed by atoms with Gasteiger partial charge in [0.1, 0.15) is 11.5 Å². The second-order valence-electron chi connectivity index (χ2n) is 5.57. The monoisotopic (exact) mass is 339 g/mol. The second-order valence-corrected chi connectivity index (χ2v) is 5.57. The Hall–Kier alpha value is -2.82. The summed E-state index contributed by atoms with van der Waals surface area (Å²) in [6.45, 7) is 4.98. The van der Waals surface area contributed by atoms with E-state index in [-0.39, 0.29) is 5.91 Å². The number of aliphatic imine (C=N–C) groups is 1. The quantitative estimate of drug-likeness (QED) is 0.776. The molecular weight excluding hydrogens is 318 g/mol. The lowest BCUT2D eigenvalue weighted by Gasteiger charge is -2.15. The van der Waals surface area contributed by atoms with E-state index in [0.717, 1.165) is 22.6 Å². The van der Waals surface area contributed by atoms with Crippen molar-refractivity contribution in [3.05, 3.63) is 59.7 Å². The third-order valence-corrected chi connectivity index (χ3v) is 3.81. The molecule has 3 rings (SSSR count). The van der Waals surface area contributed by atoms with E-state index in [0.29, 0.717) is 25.5 Å². The molecule has 0 radical (unpaired) electrons. The first-order valence-electron chi connectivity index (χ1n) is 8.44. The van der Waals surface area contributed by atoms with Crippen molar-refractivity contribution < 1.29 is 19.0 Å². The second kappa shape index (κ2) is 7.83. The number of hydrogen-bond acceptors (Lipinski definition) is 4. The SMILES string of the molecule is CCOc1ccc(OCC)c(C[C@@H]2OC(c3ccccc3)=NC2=O)c1. The van der Waals surface area contributed by atoms with Gasteiger partial charge in [-0.1, -0.05) is 18.2 Å². The molecule has 1 heterocycles. The van der Waals surface area contributed by atoms with Gasteiger partial charge in [-0.2, -0.15) is 4.99 Å². The van der Waals surface area contributed by atoms with Gasteiger partial charge in [0.25, 0.3) is 5.91 Å². The van der Waals surface area contributed by atoms with Gasteiger partial charge < -0.3 is 14.2 Å². The van der Waals surface area contributed by atoms with E-state index in [1.165, 1.54) is 0 Å². The Balaban J connectivity index is 1.78. The molecule has 5 nitrogen and oxygen atoms in total. The van der Waals surface area contributed by atoms with Gasteiger partial charge in [0.2, 0.25) is 5.90 Å². The minimum atomic E-state index is -0.647. The Morgan fingerprint density at radius 1 is 1.04 bits per heavy atom. The van der Waals surface area contributed by atoms with Crippen molar-refractivity contribution in [3.63, 3.8) is 0 Å². The fourth-order valence-corrected chi connectivity index (χ4v) is 2.69. The van der Waals surface area contributed by atoms with Gasteiger partial charge in [0.05, 0.1) is 13.2 Å². The fraction of sp³-hybridized carbons (Fsp3) is 0.300. The first-order valence-corrected chi connectivity index (χ1v) is 8.44. The summed E-state index contributed by atoms with van der Waals surface area (Å²) in [5.41, 5.74) is 1.67. The first-order chi connectivity index (χ1) is 12.2. The zero-order chi connectivity index (χ0) is 17.6. The minimum Gasteiger partial charge on any atom is -0.494 e. The summed E-state index contributed by atoms with van der Waals surface area (Å²) < 4.78 is 17.0. The predicted octanol–water partition coefficient (Wildman–Crippen LogP) is 3.40. The Morgan fingerprint density at radius 2 is 1.80 bits per heavy atom. The number of carbonyl (C=O) groups excluding carboxylic acids is 1. The molecule has 1 amide bonds. The van der Waals surface area contributed by atoms with Crippen LogP contribution < -0.4 is 9.47 Å². The molecule has 1 aliphatic heterocycles. The number of nitrogens with zero attached hydrogens (tertiary/aromatic N) is 1. The minimum absolute atomic E-state index is 0.275. The van der Waals surface area contributed by atoms with Crippen LogP contribution >= 0.6 is 0 Å². The highest BCUT2D eigenvalue weighted by Gasteiger charge is 2.30. The van der Waals surface area contributed by atoms with Crippen molar-refractivity contribution in [2.24, 2.45) is 4.99 Å². The van der Waals surface area contributed by atoms with Crippen LogP contribution in [-0.2, 0) is 16.0 Å². The summed E-state index contributed by atoms with van der Waals surface area (Å²) in [6, 6.07) is 15.0. The summed E-state index contributed by atoms with van der Waals surface area (Å²) in [5.74, 6) is 1.57. The number of amides is 1. The van der Waals surface area contributed by atoms with Crippen LogP contribution in [0.3, 0.4) is 0 Å². The number of rotatable bonds is 7. The van der Waals surface area contributed by atoms with E-state index in [4.69, 9.17) is 14.2 Å². The van der Waals surface area contributed by atoms with Crippen molar-refractivity contribution in [2.45, 2.75) is 26.4 Å². The van der Waals surface area contributed by atoms with E-state index < -0.39 is 6.10 Å². The average Bonchev–Trinajstić information content (AvgIpc) is 2.99. The molecule has 0 spiro atoms. The van der Waals surface area contributed by atoms with E-state index in [1.807, 2.05) is 62.4 Å². The summed E-state index contributed by atoms with van der Waals surface area (Å²) in [4.78, 5) is 16.3. The molecule has 0 saturated heterocycles. The van der Waals surface area contributed by atoms with Gasteiger partial charge in [-0.25, -0.2) is 0 Å². The zero-order valence-corrected chi connectivity index (χ0v) is 14.4. The van der Waals surface area contributed by atoms with Crippen LogP contribution in [0.2, 0.25) is 0 Å². The largest absolute Gasteiger partial charge is 0.494 e. The zero-order valence-electron chi connectivity index (χ0n) is 14.4. The third-order valence-electron chi connectivity index (χ3n) is 3.81. The van der Waals surface area contributed by atoms with Crippen LogP contribution in [0.5, 0.6) is 11.5 Å². The van der Waals surface area contributed by atoms with Crippen LogP contribution in [-0.4, -0.2) is 31.1 Å². The average molecular weight is 339 g/mol. The maximum atomic E-state index is 12.3. The molecule has 2 aromatic rings. The molecule has 0 bridgehead atoms. The van der Waals surface area contributed by atoms with E-state index in [9.17, 15) is 4.79 Å². The lowest BCUT2D eigenvalue weighted by Crippen LogP contribution is -2.21. The molecular formula is C20H21NO4. The van der Waals surface area contributed by atoms with Crippen LogP contribution in [0.4, 0.5) is 0 Å². The molecule has 0 unspecified atom stereocenters. The molecule has 1 aliphatic rings. The Labute approximate surface area is 147 Å². The van der Waals surface area contributed by atoms with Crippen molar-refractivity contribution in [1.29, 1.82) is 0 Å². The van der Waals surface area contributed by atoms with Gasteiger partial charge in [0.15, 0.2) is 6.10 Å². The molecule has 25 heavy (non-hydrogen) atoms. The summed E-state index contributed by atoms with van der Waals surface area (Å²) >= 11 is 0. The van der Waals surface area contributed by atoms with Crippen LogP contribution in [0.15, 0.2) is 53.5 Å². The van der Waals surface area contributed by atoms with Crippen molar-refractivity contribution in [2.75, 3.05) is 13.2 Å². The molecule has 1 atom stereocenters. The van der Waals surface area contributed by atoms with Crippen molar-refractivity contribution >= 4 is 11.8 Å². The van der Waals surface area contributed by atoms with Gasteiger partial charge in [0, 0.05) is 17.5 Å². The molecule has 0 fully saturated rings. The van der Waals surface area contributed by atoms with Crippen LogP contribution in [0, 0.1) is 0 Å². The first kappa shape index (κ1) is 17.0. The van der Waals surface area contributed by atoms with E-state index in [1.54, 1.807) is 0 Å². The third kappa shape index (κ3) is 3.99. The molecule has 130 valence electrons. The molecule has 0 saturated carbocycles. The topological polar surface area (TPSA) is 57.1 Å². The summed E-state index contributed by atoms with van der Waals surface area (Å²) in [5, 5.41) is 0. The number of ether oxygens (including phenoxy) is 3. The number of hydrogen-bond donors (Lipinski definition) is 0. The normalized spacial score (nSPS) is 16.3. The lowest BCUT2D eigenvalue weighted by molar-refractivity contribution is -0.122. The highest BCUT2D eigenvalue weighted by atomic mass is 16.5.